The van der Waals surface area contributed by atoms with Gasteiger partial charge in [0.1, 0.15) is 11.5 Å². The number of nitrogens with zero attached hydrogens (tertiary/aromatic N) is 2. The highest BCUT2D eigenvalue weighted by Gasteiger charge is 2.12. The number of ether oxygens (including phenoxy) is 2. The Morgan fingerprint density at radius 2 is 1.00 bits per heavy atom. The molecule has 2 aliphatic rings. The normalized spacial score (nSPS) is 15.9. The SMILES string of the molecule is COc1ccc(N2C=CC(C3=CCN(c4ccc(OC)cc4)C=C3)=CC2)cc1. The van der Waals surface area contributed by atoms with Crippen LogP contribution in [0.15, 0.2) is 96.4 Å². The summed E-state index contributed by atoms with van der Waals surface area (Å²) in [5.74, 6) is 1.75. The Kier molecular flexibility index (Phi) is 5.20. The van der Waals surface area contributed by atoms with Gasteiger partial charge in [0.05, 0.1) is 14.2 Å². The van der Waals surface area contributed by atoms with Crippen LogP contribution in [0.2, 0.25) is 0 Å². The summed E-state index contributed by atoms with van der Waals surface area (Å²) in [5.41, 5.74) is 4.84. The first kappa shape index (κ1) is 18.0. The predicted octanol–water partition coefficient (Wildman–Crippen LogP) is 4.92. The molecule has 4 nitrogen and oxygen atoms in total. The molecule has 0 spiro atoms. The lowest BCUT2D eigenvalue weighted by Gasteiger charge is -2.26. The van der Waals surface area contributed by atoms with Gasteiger partial charge in [-0.15, -0.1) is 0 Å². The monoisotopic (exact) mass is 372 g/mol. The molecule has 142 valence electrons. The van der Waals surface area contributed by atoms with Gasteiger partial charge in [-0.05, 0) is 71.8 Å². The minimum absolute atomic E-state index is 0.853. The van der Waals surface area contributed by atoms with Gasteiger partial charge in [-0.1, -0.05) is 12.2 Å². The molecule has 0 saturated heterocycles. The summed E-state index contributed by atoms with van der Waals surface area (Å²) in [5, 5.41) is 0. The van der Waals surface area contributed by atoms with Crippen molar-refractivity contribution in [1.82, 2.24) is 0 Å². The second-order valence-corrected chi connectivity index (χ2v) is 6.65. The van der Waals surface area contributed by atoms with Crippen molar-refractivity contribution in [2.75, 3.05) is 37.1 Å². The zero-order chi connectivity index (χ0) is 19.3. The minimum atomic E-state index is 0.853. The second kappa shape index (κ2) is 8.09. The van der Waals surface area contributed by atoms with Gasteiger partial charge in [0.15, 0.2) is 0 Å². The summed E-state index contributed by atoms with van der Waals surface area (Å²) in [6, 6.07) is 16.3. The van der Waals surface area contributed by atoms with E-state index in [9.17, 15) is 0 Å². The van der Waals surface area contributed by atoms with Crippen LogP contribution in [0.5, 0.6) is 11.5 Å². The summed E-state index contributed by atoms with van der Waals surface area (Å²) in [6.07, 6.45) is 13.2. The third-order valence-corrected chi connectivity index (χ3v) is 5.03. The highest BCUT2D eigenvalue weighted by Crippen LogP contribution is 2.27. The van der Waals surface area contributed by atoms with Gasteiger partial charge in [0.2, 0.25) is 0 Å². The molecule has 4 rings (SSSR count). The van der Waals surface area contributed by atoms with E-state index >= 15 is 0 Å². The van der Waals surface area contributed by atoms with Crippen molar-refractivity contribution in [2.24, 2.45) is 0 Å². The fraction of sp³-hybridized carbons (Fsp3) is 0.167. The van der Waals surface area contributed by atoms with E-state index < -0.39 is 0 Å². The molecule has 2 heterocycles. The third-order valence-electron chi connectivity index (χ3n) is 5.03. The molecule has 4 heteroatoms. The third kappa shape index (κ3) is 3.81. The largest absolute Gasteiger partial charge is 0.497 e. The van der Waals surface area contributed by atoms with Crippen molar-refractivity contribution in [2.45, 2.75) is 0 Å². The molecule has 2 aromatic carbocycles. The Hall–Kier alpha value is -3.40. The maximum atomic E-state index is 5.23. The van der Waals surface area contributed by atoms with E-state index in [0.29, 0.717) is 0 Å². The van der Waals surface area contributed by atoms with E-state index in [-0.39, 0.29) is 0 Å². The fourth-order valence-corrected chi connectivity index (χ4v) is 3.35. The quantitative estimate of drug-likeness (QED) is 0.743. The molecule has 0 amide bonds. The highest BCUT2D eigenvalue weighted by atomic mass is 16.5. The van der Waals surface area contributed by atoms with E-state index in [0.717, 1.165) is 36.0 Å². The van der Waals surface area contributed by atoms with Gasteiger partial charge >= 0.3 is 0 Å². The van der Waals surface area contributed by atoms with Gasteiger partial charge < -0.3 is 19.3 Å². The van der Waals surface area contributed by atoms with E-state index in [1.807, 2.05) is 24.3 Å². The molecular formula is C24H24N2O2. The van der Waals surface area contributed by atoms with Gasteiger partial charge in [0, 0.05) is 36.9 Å². The molecule has 0 saturated carbocycles. The zero-order valence-electron chi connectivity index (χ0n) is 16.2. The van der Waals surface area contributed by atoms with Gasteiger partial charge in [-0.2, -0.15) is 0 Å². The van der Waals surface area contributed by atoms with Crippen LogP contribution in [-0.4, -0.2) is 27.3 Å². The molecule has 0 N–H and O–H groups in total. The molecule has 0 aliphatic carbocycles. The van der Waals surface area contributed by atoms with Crippen LogP contribution < -0.4 is 19.3 Å². The first-order chi connectivity index (χ1) is 13.8. The average Bonchev–Trinajstić information content (AvgIpc) is 2.79. The summed E-state index contributed by atoms with van der Waals surface area (Å²) in [7, 11) is 3.37. The molecule has 2 aromatic rings. The van der Waals surface area contributed by atoms with E-state index in [2.05, 4.69) is 70.8 Å². The smallest absolute Gasteiger partial charge is 0.119 e. The Morgan fingerprint density at radius 1 is 0.607 bits per heavy atom. The van der Waals surface area contributed by atoms with E-state index in [1.54, 1.807) is 14.2 Å². The van der Waals surface area contributed by atoms with Crippen LogP contribution in [-0.2, 0) is 0 Å². The molecular weight excluding hydrogens is 348 g/mol. The fourth-order valence-electron chi connectivity index (χ4n) is 3.35. The molecule has 0 aromatic heterocycles. The number of anilines is 2. The lowest BCUT2D eigenvalue weighted by atomic mass is 10.0. The Balaban J connectivity index is 1.39. The van der Waals surface area contributed by atoms with Crippen LogP contribution >= 0.6 is 0 Å². The van der Waals surface area contributed by atoms with E-state index in [4.69, 9.17) is 9.47 Å². The maximum absolute atomic E-state index is 5.23. The Morgan fingerprint density at radius 3 is 1.29 bits per heavy atom. The molecule has 0 bridgehead atoms. The van der Waals surface area contributed by atoms with Gasteiger partial charge in [-0.25, -0.2) is 0 Å². The summed E-state index contributed by atoms with van der Waals surface area (Å²) in [4.78, 5) is 4.44. The maximum Gasteiger partial charge on any atom is 0.119 e. The van der Waals surface area contributed by atoms with Crippen LogP contribution in [0.1, 0.15) is 0 Å². The lowest BCUT2D eigenvalue weighted by molar-refractivity contribution is 0.414. The number of hydrogen-bond donors (Lipinski definition) is 0. The lowest BCUT2D eigenvalue weighted by Crippen LogP contribution is -2.21. The number of rotatable bonds is 5. The molecule has 0 fully saturated rings. The number of allylic oxidation sites excluding steroid dienone is 4. The van der Waals surface area contributed by atoms with Crippen molar-refractivity contribution in [3.05, 3.63) is 96.4 Å². The van der Waals surface area contributed by atoms with Crippen molar-refractivity contribution in [3.8, 4) is 11.5 Å². The average molecular weight is 372 g/mol. The number of hydrogen-bond acceptors (Lipinski definition) is 4. The molecule has 0 atom stereocenters. The van der Waals surface area contributed by atoms with E-state index in [1.165, 1.54) is 11.1 Å². The number of methoxy groups -OCH3 is 2. The topological polar surface area (TPSA) is 24.9 Å². The van der Waals surface area contributed by atoms with Crippen molar-refractivity contribution in [1.29, 1.82) is 0 Å². The van der Waals surface area contributed by atoms with Crippen molar-refractivity contribution in [3.63, 3.8) is 0 Å². The number of benzene rings is 2. The summed E-state index contributed by atoms with van der Waals surface area (Å²) < 4.78 is 10.5. The summed E-state index contributed by atoms with van der Waals surface area (Å²) in [6.45, 7) is 1.71. The molecule has 0 unspecified atom stereocenters. The van der Waals surface area contributed by atoms with Gasteiger partial charge in [0.25, 0.3) is 0 Å². The predicted molar refractivity (Wildman–Crippen MR) is 115 cm³/mol. The first-order valence-corrected chi connectivity index (χ1v) is 9.35. The van der Waals surface area contributed by atoms with Crippen molar-refractivity contribution < 1.29 is 9.47 Å². The Labute approximate surface area is 166 Å². The van der Waals surface area contributed by atoms with Crippen LogP contribution in [0.4, 0.5) is 11.4 Å². The van der Waals surface area contributed by atoms with Crippen LogP contribution in [0, 0.1) is 0 Å². The van der Waals surface area contributed by atoms with Gasteiger partial charge in [-0.3, -0.25) is 0 Å². The Bertz CT molecular complexity index is 858. The molecule has 28 heavy (non-hydrogen) atoms. The first-order valence-electron chi connectivity index (χ1n) is 9.35. The highest BCUT2D eigenvalue weighted by molar-refractivity contribution is 5.60. The molecule has 2 aliphatic heterocycles. The second-order valence-electron chi connectivity index (χ2n) is 6.65. The van der Waals surface area contributed by atoms with Crippen LogP contribution in [0.25, 0.3) is 0 Å². The minimum Gasteiger partial charge on any atom is -0.497 e. The standard InChI is InChI=1S/C24H24N2O2/c1-27-23-7-3-21(4-8-23)25-15-11-19(12-16-25)20-13-17-26(18-14-20)22-5-9-24(28-2)10-6-22/h3-15,17H,16,18H2,1-2H3. The van der Waals surface area contributed by atoms with Crippen LogP contribution in [0.3, 0.4) is 0 Å². The zero-order valence-corrected chi connectivity index (χ0v) is 16.2. The van der Waals surface area contributed by atoms with Crippen molar-refractivity contribution >= 4 is 11.4 Å². The summed E-state index contributed by atoms with van der Waals surface area (Å²) >= 11 is 0. The molecule has 0 radical (unpaired) electrons.